The van der Waals surface area contributed by atoms with Crippen LogP contribution in [0, 0.1) is 0 Å². The van der Waals surface area contributed by atoms with Gasteiger partial charge in [0.15, 0.2) is 0 Å². The molecule has 1 N–H and O–H groups in total. The maximum absolute atomic E-state index is 11.5. The Morgan fingerprint density at radius 1 is 1.47 bits per heavy atom. The van der Waals surface area contributed by atoms with Crippen molar-refractivity contribution in [3.8, 4) is 0 Å². The lowest BCUT2D eigenvalue weighted by atomic mass is 10.2. The van der Waals surface area contributed by atoms with Gasteiger partial charge in [-0.1, -0.05) is 5.11 Å². The Morgan fingerprint density at radius 3 is 2.63 bits per heavy atom. The molecule has 1 aromatic heterocycles. The van der Waals surface area contributed by atoms with Gasteiger partial charge in [-0.05, 0) is 26.3 Å². The number of hydrogen-bond acceptors (Lipinski definition) is 5. The maximum Gasteiger partial charge on any atom is 0.412 e. The van der Waals surface area contributed by atoms with Crippen LogP contribution in [0.4, 0.5) is 10.5 Å². The average molecular weight is 264 g/mol. The second-order valence-electron chi connectivity index (χ2n) is 4.72. The highest BCUT2D eigenvalue weighted by atomic mass is 16.6. The van der Waals surface area contributed by atoms with E-state index in [9.17, 15) is 4.79 Å². The lowest BCUT2D eigenvalue weighted by Gasteiger charge is -2.19. The maximum atomic E-state index is 11.5. The lowest BCUT2D eigenvalue weighted by molar-refractivity contribution is 0.0636. The molecule has 0 fully saturated rings. The Balaban J connectivity index is 2.52. The zero-order chi connectivity index (χ0) is 14.3. The minimum atomic E-state index is -0.557. The first kappa shape index (κ1) is 14.7. The standard InChI is InChI=1S/C11H16N6O2/c1-11(2,3)19-10(18)16-8-6-13-9(14-7-8)4-5-15-17-12/h6-7H,4-5H2,1-3H3,(H,16,18). The van der Waals surface area contributed by atoms with Gasteiger partial charge in [0.2, 0.25) is 0 Å². The Morgan fingerprint density at radius 2 is 2.11 bits per heavy atom. The van der Waals surface area contributed by atoms with Crippen molar-refractivity contribution in [3.63, 3.8) is 0 Å². The summed E-state index contributed by atoms with van der Waals surface area (Å²) in [5.41, 5.74) is 8.03. The third-order valence-corrected chi connectivity index (χ3v) is 1.85. The van der Waals surface area contributed by atoms with Gasteiger partial charge in [-0.2, -0.15) is 0 Å². The van der Waals surface area contributed by atoms with E-state index in [1.165, 1.54) is 12.4 Å². The number of aromatic nitrogens is 2. The molecule has 1 amide bonds. The van der Waals surface area contributed by atoms with Crippen molar-refractivity contribution in [3.05, 3.63) is 28.7 Å². The van der Waals surface area contributed by atoms with Gasteiger partial charge in [0.1, 0.15) is 11.4 Å². The summed E-state index contributed by atoms with van der Waals surface area (Å²) >= 11 is 0. The van der Waals surface area contributed by atoms with Gasteiger partial charge < -0.3 is 4.74 Å². The molecule has 0 aliphatic rings. The van der Waals surface area contributed by atoms with Crippen molar-refractivity contribution in [2.45, 2.75) is 32.8 Å². The van der Waals surface area contributed by atoms with Crippen LogP contribution in [-0.4, -0.2) is 28.2 Å². The van der Waals surface area contributed by atoms with Gasteiger partial charge in [0, 0.05) is 17.9 Å². The monoisotopic (exact) mass is 264 g/mol. The topological polar surface area (TPSA) is 113 Å². The molecule has 1 heterocycles. The SMILES string of the molecule is CC(C)(C)OC(=O)Nc1cnc(CCN=[N+]=[N-])nc1. The molecule has 0 atom stereocenters. The molecule has 1 rings (SSSR count). The zero-order valence-corrected chi connectivity index (χ0v) is 11.1. The second kappa shape index (κ2) is 6.55. The summed E-state index contributed by atoms with van der Waals surface area (Å²) in [6.45, 7) is 5.64. The second-order valence-corrected chi connectivity index (χ2v) is 4.72. The van der Waals surface area contributed by atoms with Gasteiger partial charge in [-0.15, -0.1) is 0 Å². The third-order valence-electron chi connectivity index (χ3n) is 1.85. The minimum Gasteiger partial charge on any atom is -0.444 e. The molecule has 0 spiro atoms. The molecule has 19 heavy (non-hydrogen) atoms. The highest BCUT2D eigenvalue weighted by Gasteiger charge is 2.16. The highest BCUT2D eigenvalue weighted by Crippen LogP contribution is 2.10. The summed E-state index contributed by atoms with van der Waals surface area (Å²) in [4.78, 5) is 22.2. The number of carbonyl (C=O) groups excluding carboxylic acids is 1. The molecular formula is C11H16N6O2. The summed E-state index contributed by atoms with van der Waals surface area (Å²) in [5.74, 6) is 0.544. The first-order chi connectivity index (χ1) is 8.90. The Bertz CT molecular complexity index is 473. The van der Waals surface area contributed by atoms with Gasteiger partial charge in [-0.25, -0.2) is 14.8 Å². The van der Waals surface area contributed by atoms with Crippen LogP contribution < -0.4 is 5.32 Å². The van der Waals surface area contributed by atoms with Crippen LogP contribution in [-0.2, 0) is 11.2 Å². The van der Waals surface area contributed by atoms with Crippen molar-refractivity contribution >= 4 is 11.8 Å². The number of nitrogens with one attached hydrogen (secondary N) is 1. The van der Waals surface area contributed by atoms with E-state index < -0.39 is 11.7 Å². The zero-order valence-electron chi connectivity index (χ0n) is 11.1. The summed E-state index contributed by atoms with van der Waals surface area (Å²) in [5, 5.41) is 5.91. The molecule has 0 aliphatic heterocycles. The van der Waals surface area contributed by atoms with E-state index in [2.05, 4.69) is 25.3 Å². The molecule has 102 valence electrons. The van der Waals surface area contributed by atoms with Crippen LogP contribution in [0.25, 0.3) is 10.4 Å². The molecule has 0 unspecified atom stereocenters. The lowest BCUT2D eigenvalue weighted by Crippen LogP contribution is -2.27. The first-order valence-corrected chi connectivity index (χ1v) is 5.72. The Labute approximate surface area is 110 Å². The first-order valence-electron chi connectivity index (χ1n) is 5.72. The van der Waals surface area contributed by atoms with Crippen LogP contribution in [0.1, 0.15) is 26.6 Å². The summed E-state index contributed by atoms with van der Waals surface area (Å²) in [7, 11) is 0. The van der Waals surface area contributed by atoms with Crippen LogP contribution in [0.5, 0.6) is 0 Å². The van der Waals surface area contributed by atoms with Gasteiger partial charge in [-0.3, -0.25) is 5.32 Å². The van der Waals surface area contributed by atoms with Gasteiger partial charge in [0.05, 0.1) is 18.1 Å². The number of amides is 1. The molecule has 8 heteroatoms. The fourth-order valence-corrected chi connectivity index (χ4v) is 1.16. The van der Waals surface area contributed by atoms with Crippen molar-refractivity contribution < 1.29 is 9.53 Å². The molecule has 0 radical (unpaired) electrons. The van der Waals surface area contributed by atoms with Crippen LogP contribution >= 0.6 is 0 Å². The van der Waals surface area contributed by atoms with Gasteiger partial charge >= 0.3 is 6.09 Å². The predicted octanol–water partition coefficient (Wildman–Crippen LogP) is 2.68. The van der Waals surface area contributed by atoms with E-state index in [4.69, 9.17) is 10.3 Å². The minimum absolute atomic E-state index is 0.301. The molecule has 0 bridgehead atoms. The molecule has 0 saturated carbocycles. The van der Waals surface area contributed by atoms with Crippen LogP contribution in [0.3, 0.4) is 0 Å². The highest BCUT2D eigenvalue weighted by molar-refractivity contribution is 5.84. The van der Waals surface area contributed by atoms with Crippen LogP contribution in [0.15, 0.2) is 17.5 Å². The van der Waals surface area contributed by atoms with E-state index in [1.54, 1.807) is 20.8 Å². The Hall–Kier alpha value is -2.34. The number of azide groups is 1. The van der Waals surface area contributed by atoms with Crippen LogP contribution in [0.2, 0.25) is 0 Å². The summed E-state index contributed by atoms with van der Waals surface area (Å²) < 4.78 is 5.09. The predicted molar refractivity (Wildman–Crippen MR) is 69.6 cm³/mol. The number of anilines is 1. The molecule has 0 saturated heterocycles. The fraction of sp³-hybridized carbons (Fsp3) is 0.545. The smallest absolute Gasteiger partial charge is 0.412 e. The Kier molecular flexibility index (Phi) is 5.08. The molecular weight excluding hydrogens is 248 g/mol. The largest absolute Gasteiger partial charge is 0.444 e. The normalized spacial score (nSPS) is 10.5. The summed E-state index contributed by atoms with van der Waals surface area (Å²) in [6, 6.07) is 0. The van der Waals surface area contributed by atoms with E-state index >= 15 is 0 Å². The average Bonchev–Trinajstić information content (AvgIpc) is 2.29. The molecule has 1 aromatic rings. The number of ether oxygens (including phenoxy) is 1. The molecule has 0 aromatic carbocycles. The van der Waals surface area contributed by atoms with E-state index in [0.29, 0.717) is 24.5 Å². The van der Waals surface area contributed by atoms with Crippen molar-refractivity contribution in [1.29, 1.82) is 0 Å². The third kappa shape index (κ3) is 6.23. The number of rotatable bonds is 4. The van der Waals surface area contributed by atoms with E-state index in [-0.39, 0.29) is 0 Å². The van der Waals surface area contributed by atoms with E-state index in [0.717, 1.165) is 0 Å². The van der Waals surface area contributed by atoms with Crippen molar-refractivity contribution in [2.75, 3.05) is 11.9 Å². The van der Waals surface area contributed by atoms with Crippen molar-refractivity contribution in [2.24, 2.45) is 5.11 Å². The van der Waals surface area contributed by atoms with Crippen molar-refractivity contribution in [1.82, 2.24) is 9.97 Å². The number of carbonyl (C=O) groups is 1. The summed E-state index contributed by atoms with van der Waals surface area (Å²) in [6.07, 6.45) is 2.85. The molecule has 8 nitrogen and oxygen atoms in total. The van der Waals surface area contributed by atoms with Gasteiger partial charge in [0.25, 0.3) is 0 Å². The molecule has 0 aliphatic carbocycles. The quantitative estimate of drug-likeness (QED) is 0.511. The fourth-order valence-electron chi connectivity index (χ4n) is 1.16. The number of hydrogen-bond donors (Lipinski definition) is 1. The number of nitrogens with zero attached hydrogens (tertiary/aromatic N) is 5. The van der Waals surface area contributed by atoms with E-state index in [1.807, 2.05) is 0 Å².